The number of ether oxygens (including phenoxy) is 1. The molecule has 2 nitrogen and oxygen atoms in total. The first-order valence-corrected chi connectivity index (χ1v) is 4.80. The third-order valence-corrected chi connectivity index (χ3v) is 2.72. The van der Waals surface area contributed by atoms with Crippen molar-refractivity contribution >= 4 is 6.29 Å². The Hall–Kier alpha value is -0.810. The fraction of sp³-hybridized carbons (Fsp3) is 0.727. The second-order valence-corrected chi connectivity index (χ2v) is 3.65. The Kier molecular flexibility index (Phi) is 3.98. The van der Waals surface area contributed by atoms with Gasteiger partial charge in [-0.1, -0.05) is 0 Å². The number of aldehydes is 1. The van der Waals surface area contributed by atoms with Crippen LogP contribution in [0.4, 0.5) is 0 Å². The van der Waals surface area contributed by atoms with Crippen LogP contribution >= 0.6 is 0 Å². The summed E-state index contributed by atoms with van der Waals surface area (Å²) in [6.07, 6.45) is 10.5. The molecular weight excluding hydrogens is 164 g/mol. The molecule has 1 atom stereocenters. The Morgan fingerprint density at radius 1 is 1.46 bits per heavy atom. The molecule has 72 valence electrons. The van der Waals surface area contributed by atoms with Crippen LogP contribution in [-0.4, -0.2) is 19.5 Å². The smallest absolute Gasteiger partial charge is 0.126 e. The van der Waals surface area contributed by atoms with Gasteiger partial charge in [-0.25, -0.2) is 0 Å². The van der Waals surface area contributed by atoms with Crippen molar-refractivity contribution in [3.8, 4) is 12.3 Å². The predicted molar refractivity (Wildman–Crippen MR) is 51.2 cm³/mol. The second-order valence-electron chi connectivity index (χ2n) is 3.65. The van der Waals surface area contributed by atoms with Crippen LogP contribution in [0.15, 0.2) is 0 Å². The van der Waals surface area contributed by atoms with E-state index in [4.69, 9.17) is 11.2 Å². The van der Waals surface area contributed by atoms with Crippen molar-refractivity contribution < 1.29 is 9.53 Å². The number of carbonyl (C=O) groups is 1. The first kappa shape index (κ1) is 10.3. The van der Waals surface area contributed by atoms with Crippen molar-refractivity contribution in [3.05, 3.63) is 0 Å². The highest BCUT2D eigenvalue weighted by atomic mass is 16.5. The van der Waals surface area contributed by atoms with Crippen LogP contribution in [-0.2, 0) is 9.53 Å². The van der Waals surface area contributed by atoms with Crippen LogP contribution in [0.1, 0.15) is 32.1 Å². The van der Waals surface area contributed by atoms with Gasteiger partial charge in [0, 0.05) is 25.0 Å². The molecule has 0 aromatic rings. The summed E-state index contributed by atoms with van der Waals surface area (Å²) in [5, 5.41) is 0. The lowest BCUT2D eigenvalue weighted by molar-refractivity contribution is -0.117. The largest absolute Gasteiger partial charge is 0.381 e. The molecular formula is C11H16O2. The van der Waals surface area contributed by atoms with Gasteiger partial charge in [0.2, 0.25) is 0 Å². The molecule has 0 aliphatic carbocycles. The van der Waals surface area contributed by atoms with Crippen molar-refractivity contribution in [2.45, 2.75) is 32.1 Å². The fourth-order valence-electron chi connectivity index (χ4n) is 1.78. The molecule has 1 heterocycles. The molecule has 0 radical (unpaired) electrons. The third-order valence-electron chi connectivity index (χ3n) is 2.72. The average Bonchev–Trinajstić information content (AvgIpc) is 2.41. The summed E-state index contributed by atoms with van der Waals surface area (Å²) in [4.78, 5) is 11.0. The topological polar surface area (TPSA) is 26.3 Å². The molecule has 2 heteroatoms. The third kappa shape index (κ3) is 2.86. The van der Waals surface area contributed by atoms with Gasteiger partial charge in [0.15, 0.2) is 0 Å². The summed E-state index contributed by atoms with van der Waals surface area (Å²) >= 11 is 0. The van der Waals surface area contributed by atoms with Gasteiger partial charge in [-0.2, -0.15) is 0 Å². The zero-order chi connectivity index (χ0) is 9.57. The van der Waals surface area contributed by atoms with Crippen molar-refractivity contribution in [1.29, 1.82) is 0 Å². The minimum atomic E-state index is -0.192. The standard InChI is InChI=1S/C11H16O2/c1-2-3-5-11(10-12)6-4-8-13-9-7-11/h1,10H,3-9H2. The normalized spacial score (nSPS) is 28.8. The zero-order valence-corrected chi connectivity index (χ0v) is 7.92. The molecule has 1 aliphatic rings. The van der Waals surface area contributed by atoms with Gasteiger partial charge in [-0.3, -0.25) is 0 Å². The summed E-state index contributed by atoms with van der Waals surface area (Å²) in [7, 11) is 0. The van der Waals surface area contributed by atoms with Crippen molar-refractivity contribution in [2.24, 2.45) is 5.41 Å². The Balaban J connectivity index is 2.54. The van der Waals surface area contributed by atoms with Gasteiger partial charge < -0.3 is 9.53 Å². The Bertz CT molecular complexity index is 195. The summed E-state index contributed by atoms with van der Waals surface area (Å²) in [5.74, 6) is 2.59. The molecule has 0 amide bonds. The minimum Gasteiger partial charge on any atom is -0.381 e. The van der Waals surface area contributed by atoms with E-state index in [-0.39, 0.29) is 5.41 Å². The average molecular weight is 180 g/mol. The highest BCUT2D eigenvalue weighted by Gasteiger charge is 2.29. The van der Waals surface area contributed by atoms with Crippen LogP contribution in [0.3, 0.4) is 0 Å². The van der Waals surface area contributed by atoms with E-state index in [1.165, 1.54) is 0 Å². The minimum absolute atomic E-state index is 0.192. The van der Waals surface area contributed by atoms with Crippen LogP contribution < -0.4 is 0 Å². The zero-order valence-electron chi connectivity index (χ0n) is 7.92. The van der Waals surface area contributed by atoms with Gasteiger partial charge in [-0.15, -0.1) is 12.3 Å². The monoisotopic (exact) mass is 180 g/mol. The molecule has 0 N–H and O–H groups in total. The number of hydrogen-bond donors (Lipinski definition) is 0. The van der Waals surface area contributed by atoms with E-state index in [9.17, 15) is 4.79 Å². The molecule has 0 spiro atoms. The van der Waals surface area contributed by atoms with E-state index in [0.717, 1.165) is 38.6 Å². The van der Waals surface area contributed by atoms with Gasteiger partial charge in [0.05, 0.1) is 0 Å². The second kappa shape index (κ2) is 5.04. The summed E-state index contributed by atoms with van der Waals surface area (Å²) in [5.41, 5.74) is -0.192. The SMILES string of the molecule is C#CCCC1(C=O)CCCOCC1. The lowest BCUT2D eigenvalue weighted by Crippen LogP contribution is -2.22. The van der Waals surface area contributed by atoms with E-state index >= 15 is 0 Å². The molecule has 1 aliphatic heterocycles. The van der Waals surface area contributed by atoms with Crippen LogP contribution in [0.25, 0.3) is 0 Å². The Morgan fingerprint density at radius 3 is 3.00 bits per heavy atom. The highest BCUT2D eigenvalue weighted by molar-refractivity contribution is 5.59. The van der Waals surface area contributed by atoms with Crippen molar-refractivity contribution in [1.82, 2.24) is 0 Å². The summed E-state index contributed by atoms with van der Waals surface area (Å²) < 4.78 is 5.32. The highest BCUT2D eigenvalue weighted by Crippen LogP contribution is 2.33. The van der Waals surface area contributed by atoms with E-state index in [0.29, 0.717) is 13.0 Å². The first-order chi connectivity index (χ1) is 6.33. The van der Waals surface area contributed by atoms with Gasteiger partial charge in [-0.05, 0) is 25.7 Å². The van der Waals surface area contributed by atoms with Crippen molar-refractivity contribution in [2.75, 3.05) is 13.2 Å². The van der Waals surface area contributed by atoms with Gasteiger partial charge >= 0.3 is 0 Å². The fourth-order valence-corrected chi connectivity index (χ4v) is 1.78. The summed E-state index contributed by atoms with van der Waals surface area (Å²) in [6, 6.07) is 0. The Morgan fingerprint density at radius 2 is 2.31 bits per heavy atom. The summed E-state index contributed by atoms with van der Waals surface area (Å²) in [6.45, 7) is 1.48. The van der Waals surface area contributed by atoms with Gasteiger partial charge in [0.1, 0.15) is 6.29 Å². The maximum absolute atomic E-state index is 11.0. The molecule has 0 aromatic heterocycles. The number of terminal acetylenes is 1. The molecule has 0 bridgehead atoms. The van der Waals surface area contributed by atoms with Gasteiger partial charge in [0.25, 0.3) is 0 Å². The molecule has 1 fully saturated rings. The molecule has 13 heavy (non-hydrogen) atoms. The predicted octanol–water partition coefficient (Wildman–Crippen LogP) is 1.79. The molecule has 1 unspecified atom stereocenters. The number of carbonyl (C=O) groups excluding carboxylic acids is 1. The maximum Gasteiger partial charge on any atom is 0.126 e. The Labute approximate surface area is 79.7 Å². The lowest BCUT2D eigenvalue weighted by Gasteiger charge is -2.24. The quantitative estimate of drug-likeness (QED) is 0.489. The first-order valence-electron chi connectivity index (χ1n) is 4.80. The molecule has 0 aromatic carbocycles. The maximum atomic E-state index is 11.0. The van der Waals surface area contributed by atoms with E-state index in [2.05, 4.69) is 5.92 Å². The number of rotatable bonds is 3. The van der Waals surface area contributed by atoms with E-state index < -0.39 is 0 Å². The van der Waals surface area contributed by atoms with Crippen LogP contribution in [0.2, 0.25) is 0 Å². The lowest BCUT2D eigenvalue weighted by atomic mass is 9.78. The van der Waals surface area contributed by atoms with Crippen molar-refractivity contribution in [3.63, 3.8) is 0 Å². The number of hydrogen-bond acceptors (Lipinski definition) is 2. The van der Waals surface area contributed by atoms with Crippen LogP contribution in [0, 0.1) is 17.8 Å². The molecule has 0 saturated carbocycles. The molecule has 1 saturated heterocycles. The van der Waals surface area contributed by atoms with E-state index in [1.54, 1.807) is 0 Å². The van der Waals surface area contributed by atoms with E-state index in [1.807, 2.05) is 0 Å². The van der Waals surface area contributed by atoms with Crippen LogP contribution in [0.5, 0.6) is 0 Å². The molecule has 1 rings (SSSR count).